The molecule has 1 unspecified atom stereocenters. The molecule has 3 aromatic rings. The van der Waals surface area contributed by atoms with E-state index in [-0.39, 0.29) is 22.3 Å². The van der Waals surface area contributed by atoms with Gasteiger partial charge < -0.3 is 14.2 Å². The number of rotatable bonds is 5. The topological polar surface area (TPSA) is 116 Å². The summed E-state index contributed by atoms with van der Waals surface area (Å²) in [7, 11) is 3.00. The van der Waals surface area contributed by atoms with Crippen molar-refractivity contribution in [2.24, 2.45) is 4.99 Å². The number of hydrogen-bond acceptors (Lipinski definition) is 9. The Labute approximate surface area is 227 Å². The fourth-order valence-electron chi connectivity index (χ4n) is 4.93. The molecule has 0 radical (unpaired) electrons. The second kappa shape index (κ2) is 9.99. The van der Waals surface area contributed by atoms with Gasteiger partial charge in [-0.3, -0.25) is 19.0 Å². The number of imide groups is 1. The zero-order valence-electron chi connectivity index (χ0n) is 21.9. The van der Waals surface area contributed by atoms with E-state index < -0.39 is 29.4 Å². The number of anilines is 1. The predicted molar refractivity (Wildman–Crippen MR) is 143 cm³/mol. The molecular weight excluding hydrogens is 522 g/mol. The Morgan fingerprint density at radius 1 is 1.05 bits per heavy atom. The first kappa shape index (κ1) is 26.1. The molecular formula is C28H25N3O7S. The van der Waals surface area contributed by atoms with Crippen LogP contribution in [-0.4, -0.2) is 43.2 Å². The van der Waals surface area contributed by atoms with Gasteiger partial charge in [0.15, 0.2) is 16.3 Å². The second-order valence-corrected chi connectivity index (χ2v) is 9.77. The summed E-state index contributed by atoms with van der Waals surface area (Å²) in [4.78, 5) is 59.1. The van der Waals surface area contributed by atoms with Crippen molar-refractivity contribution in [3.05, 3.63) is 84.5 Å². The first-order valence-electron chi connectivity index (χ1n) is 12.1. The molecule has 0 saturated heterocycles. The van der Waals surface area contributed by atoms with E-state index in [2.05, 4.69) is 4.99 Å². The molecule has 2 aliphatic heterocycles. The van der Waals surface area contributed by atoms with Crippen LogP contribution in [0.25, 0.3) is 5.57 Å². The molecule has 0 saturated carbocycles. The summed E-state index contributed by atoms with van der Waals surface area (Å²) in [6.45, 7) is 4.80. The number of para-hydroxylation sites is 1. The van der Waals surface area contributed by atoms with Crippen molar-refractivity contribution in [2.45, 2.75) is 26.8 Å². The van der Waals surface area contributed by atoms with Crippen LogP contribution < -0.4 is 29.3 Å². The van der Waals surface area contributed by atoms with Gasteiger partial charge in [0.25, 0.3) is 11.5 Å². The van der Waals surface area contributed by atoms with Gasteiger partial charge in [-0.15, -0.1) is 0 Å². The van der Waals surface area contributed by atoms with Gasteiger partial charge in [0.2, 0.25) is 5.91 Å². The first-order chi connectivity index (χ1) is 18.7. The van der Waals surface area contributed by atoms with E-state index in [1.165, 1.54) is 25.7 Å². The van der Waals surface area contributed by atoms with Gasteiger partial charge >= 0.3 is 5.97 Å². The molecule has 3 heterocycles. The minimum atomic E-state index is -0.912. The highest BCUT2D eigenvalue weighted by molar-refractivity contribution is 7.07. The van der Waals surface area contributed by atoms with Crippen molar-refractivity contribution < 1.29 is 28.6 Å². The molecule has 1 aromatic heterocycles. The number of hydrogen-bond donors (Lipinski definition) is 0. The summed E-state index contributed by atoms with van der Waals surface area (Å²) >= 11 is 1.03. The van der Waals surface area contributed by atoms with E-state index in [1.807, 2.05) is 0 Å². The summed E-state index contributed by atoms with van der Waals surface area (Å²) < 4.78 is 17.7. The van der Waals surface area contributed by atoms with Gasteiger partial charge in [-0.2, -0.15) is 0 Å². The van der Waals surface area contributed by atoms with Crippen LogP contribution in [-0.2, 0) is 19.1 Å². The molecule has 2 aromatic carbocycles. The van der Waals surface area contributed by atoms with Crippen LogP contribution in [0.5, 0.6) is 11.5 Å². The van der Waals surface area contributed by atoms with Crippen LogP contribution in [0, 0.1) is 0 Å². The maximum atomic E-state index is 14.1. The number of carbonyl (C=O) groups excluding carboxylic acids is 3. The van der Waals surface area contributed by atoms with Gasteiger partial charge in [0.1, 0.15) is 4.53 Å². The molecule has 10 nitrogen and oxygen atoms in total. The fourth-order valence-corrected chi connectivity index (χ4v) is 6.07. The van der Waals surface area contributed by atoms with Crippen molar-refractivity contribution in [3.63, 3.8) is 0 Å². The molecule has 2 aliphatic rings. The number of benzene rings is 2. The maximum Gasteiger partial charge on any atom is 0.338 e. The van der Waals surface area contributed by atoms with E-state index in [0.717, 1.165) is 16.2 Å². The lowest BCUT2D eigenvalue weighted by atomic mass is 9.95. The van der Waals surface area contributed by atoms with Crippen LogP contribution in [0.2, 0.25) is 0 Å². The van der Waals surface area contributed by atoms with Crippen LogP contribution in [0.15, 0.2) is 63.5 Å². The van der Waals surface area contributed by atoms with Crippen molar-refractivity contribution in [1.29, 1.82) is 0 Å². The molecule has 11 heteroatoms. The predicted octanol–water partition coefficient (Wildman–Crippen LogP) is 2.08. The molecule has 200 valence electrons. The minimum absolute atomic E-state index is 0.120. The number of esters is 1. The van der Waals surface area contributed by atoms with Crippen LogP contribution >= 0.6 is 11.3 Å². The van der Waals surface area contributed by atoms with Gasteiger partial charge in [-0.05, 0) is 37.6 Å². The molecule has 2 amide bonds. The number of methoxy groups -OCH3 is 2. The number of ether oxygens (including phenoxy) is 3. The summed E-state index contributed by atoms with van der Waals surface area (Å²) in [6, 6.07) is 11.0. The Bertz CT molecular complexity index is 1770. The average molecular weight is 548 g/mol. The van der Waals surface area contributed by atoms with E-state index in [9.17, 15) is 19.2 Å². The van der Waals surface area contributed by atoms with Crippen molar-refractivity contribution in [3.8, 4) is 11.5 Å². The second-order valence-electron chi connectivity index (χ2n) is 8.79. The Morgan fingerprint density at radius 2 is 1.77 bits per heavy atom. The van der Waals surface area contributed by atoms with Gasteiger partial charge in [-0.1, -0.05) is 35.6 Å². The number of allylic oxidation sites excluding steroid dienone is 1. The smallest absolute Gasteiger partial charge is 0.338 e. The Kier molecular flexibility index (Phi) is 6.69. The number of aromatic nitrogens is 1. The highest BCUT2D eigenvalue weighted by atomic mass is 32.1. The van der Waals surface area contributed by atoms with Crippen molar-refractivity contribution in [1.82, 2.24) is 4.57 Å². The maximum absolute atomic E-state index is 14.1. The number of thiazole rings is 1. The summed E-state index contributed by atoms with van der Waals surface area (Å²) in [5.41, 5.74) is 1.63. The molecule has 5 rings (SSSR count). The lowest BCUT2D eigenvalue weighted by molar-refractivity contribution is -0.139. The lowest BCUT2D eigenvalue weighted by Gasteiger charge is -2.25. The summed E-state index contributed by atoms with van der Waals surface area (Å²) in [6.07, 6.45) is 0. The fraction of sp³-hybridized carbons (Fsp3) is 0.250. The average Bonchev–Trinajstić information content (AvgIpc) is 3.39. The quantitative estimate of drug-likeness (QED) is 0.449. The Balaban J connectivity index is 1.83. The number of fused-ring (bicyclic) bond motifs is 2. The van der Waals surface area contributed by atoms with Crippen molar-refractivity contribution in [2.75, 3.05) is 25.7 Å². The monoisotopic (exact) mass is 547 g/mol. The summed E-state index contributed by atoms with van der Waals surface area (Å²) in [5, 5.41) is 0. The third-order valence-corrected chi connectivity index (χ3v) is 7.64. The molecule has 39 heavy (non-hydrogen) atoms. The SMILES string of the molecule is CCOC(=O)C1=C(C)N=c2s/c(=C3\C(=O)N(C(C)=O)c4ccccc43)c(=O)n2C1c1ccc(OC)c(OC)c1. The zero-order chi connectivity index (χ0) is 28.0. The van der Waals surface area contributed by atoms with Crippen LogP contribution in [0.1, 0.15) is 37.9 Å². The third-order valence-electron chi connectivity index (χ3n) is 6.59. The molecule has 0 spiro atoms. The van der Waals surface area contributed by atoms with E-state index in [0.29, 0.717) is 38.8 Å². The van der Waals surface area contributed by atoms with Gasteiger partial charge in [0, 0.05) is 12.5 Å². The van der Waals surface area contributed by atoms with E-state index in [1.54, 1.807) is 56.3 Å². The normalized spacial score (nSPS) is 17.4. The van der Waals surface area contributed by atoms with Crippen molar-refractivity contribution >= 4 is 40.4 Å². The first-order valence-corrected chi connectivity index (χ1v) is 12.9. The van der Waals surface area contributed by atoms with Gasteiger partial charge in [-0.25, -0.2) is 14.7 Å². The summed E-state index contributed by atoms with van der Waals surface area (Å²) in [5.74, 6) is -0.764. The minimum Gasteiger partial charge on any atom is -0.493 e. The molecule has 1 atom stereocenters. The van der Waals surface area contributed by atoms with Gasteiger partial charge in [0.05, 0.1) is 49.4 Å². The molecule has 0 bridgehead atoms. The largest absolute Gasteiger partial charge is 0.493 e. The molecule has 0 fully saturated rings. The lowest BCUT2D eigenvalue weighted by Crippen LogP contribution is -2.41. The van der Waals surface area contributed by atoms with E-state index in [4.69, 9.17) is 14.2 Å². The van der Waals surface area contributed by atoms with Crippen LogP contribution in [0.3, 0.4) is 0 Å². The Hall–Kier alpha value is -4.51. The third kappa shape index (κ3) is 4.06. The molecule has 0 aliphatic carbocycles. The Morgan fingerprint density at radius 3 is 2.44 bits per heavy atom. The number of carbonyl (C=O) groups is 3. The zero-order valence-corrected chi connectivity index (χ0v) is 22.8. The highest BCUT2D eigenvalue weighted by Crippen LogP contribution is 2.37. The number of nitrogens with zero attached hydrogens (tertiary/aromatic N) is 3. The number of amides is 2. The van der Waals surface area contributed by atoms with E-state index >= 15 is 0 Å². The van der Waals surface area contributed by atoms with Crippen LogP contribution in [0.4, 0.5) is 5.69 Å². The standard InChI is InChI=1S/C28H25N3O7S/c1-6-38-27(35)21-14(2)29-28-31(23(21)16-11-12-19(36-4)20(13-16)37-5)26(34)24(39-28)22-17-9-7-8-10-18(17)30(15(3)32)25(22)33/h7-13,23H,6H2,1-5H3/b24-22-. The molecule has 0 N–H and O–H groups in total. The highest BCUT2D eigenvalue weighted by Gasteiger charge is 2.38.